The molecule has 8 nitrogen and oxygen atoms in total. The van der Waals surface area contributed by atoms with E-state index in [1.54, 1.807) is 19.1 Å². The summed E-state index contributed by atoms with van der Waals surface area (Å²) in [7, 11) is 0. The second kappa shape index (κ2) is 8.34. The fraction of sp³-hybridized carbons (Fsp3) is 0.200. The van der Waals surface area contributed by atoms with Crippen molar-refractivity contribution < 1.29 is 9.53 Å². The molecule has 2 aromatic heterocycles. The number of carbonyl (C=O) groups is 1. The number of aryl methyl sites for hydroxylation is 2. The Morgan fingerprint density at radius 3 is 2.61 bits per heavy atom. The number of ether oxygens (including phenoxy) is 1. The van der Waals surface area contributed by atoms with Crippen LogP contribution in [-0.4, -0.2) is 32.7 Å². The monoisotopic (exact) mass is 378 g/mol. The van der Waals surface area contributed by atoms with Gasteiger partial charge in [0.25, 0.3) is 0 Å². The van der Waals surface area contributed by atoms with E-state index < -0.39 is 5.97 Å². The van der Waals surface area contributed by atoms with Crippen LogP contribution in [0.5, 0.6) is 0 Å². The number of anilines is 3. The Balaban J connectivity index is 1.98. The molecular weight excluding hydrogens is 356 g/mol. The minimum absolute atomic E-state index is 0.00941. The molecule has 0 radical (unpaired) electrons. The van der Waals surface area contributed by atoms with E-state index in [2.05, 4.69) is 25.5 Å². The number of nitrogens with zero attached hydrogens (tertiary/aromatic N) is 3. The van der Waals surface area contributed by atoms with Gasteiger partial charge in [0, 0.05) is 11.8 Å². The van der Waals surface area contributed by atoms with Gasteiger partial charge < -0.3 is 15.8 Å². The Hall–Kier alpha value is -3.68. The second-order valence-corrected chi connectivity index (χ2v) is 6.22. The van der Waals surface area contributed by atoms with Gasteiger partial charge in [-0.05, 0) is 32.4 Å². The number of hydrogen-bond donors (Lipinski definition) is 3. The number of nitrogens with two attached hydrogens (primary N) is 1. The van der Waals surface area contributed by atoms with E-state index in [0.717, 1.165) is 11.3 Å². The first kappa shape index (κ1) is 19.1. The summed E-state index contributed by atoms with van der Waals surface area (Å²) in [6.07, 6.45) is 3.58. The van der Waals surface area contributed by atoms with Gasteiger partial charge in [-0.3, -0.25) is 5.10 Å². The molecule has 0 aliphatic heterocycles. The van der Waals surface area contributed by atoms with E-state index in [0.29, 0.717) is 11.6 Å². The minimum atomic E-state index is -0.603. The smallest absolute Gasteiger partial charge is 0.359 e. The lowest BCUT2D eigenvalue weighted by Gasteiger charge is -2.11. The Morgan fingerprint density at radius 1 is 1.21 bits per heavy atom. The van der Waals surface area contributed by atoms with Crippen LogP contribution in [0.15, 0.2) is 30.3 Å². The quantitative estimate of drug-likeness (QED) is 0.562. The van der Waals surface area contributed by atoms with Crippen LogP contribution in [0.4, 0.5) is 17.3 Å². The molecular formula is C20H22N6O2. The fourth-order valence-electron chi connectivity index (χ4n) is 2.46. The summed E-state index contributed by atoms with van der Waals surface area (Å²) in [5.41, 5.74) is 9.26. The van der Waals surface area contributed by atoms with Crippen LogP contribution in [0.3, 0.4) is 0 Å². The predicted octanol–water partition coefficient (Wildman–Crippen LogP) is 3.49. The highest BCUT2D eigenvalue weighted by Gasteiger charge is 2.19. The van der Waals surface area contributed by atoms with Crippen molar-refractivity contribution in [3.63, 3.8) is 0 Å². The second-order valence-electron chi connectivity index (χ2n) is 6.22. The Morgan fingerprint density at radius 2 is 1.96 bits per heavy atom. The first-order valence-corrected chi connectivity index (χ1v) is 8.84. The average Bonchev–Trinajstić information content (AvgIpc) is 3.08. The minimum Gasteiger partial charge on any atom is -0.461 e. The molecule has 0 fully saturated rings. The van der Waals surface area contributed by atoms with Gasteiger partial charge >= 0.3 is 5.97 Å². The molecule has 0 saturated carbocycles. The molecule has 0 atom stereocenters. The Labute approximate surface area is 162 Å². The van der Waals surface area contributed by atoms with Crippen LogP contribution < -0.4 is 11.1 Å². The number of nitrogen functional groups attached to an aromatic ring is 1. The van der Waals surface area contributed by atoms with Crippen LogP contribution in [0.25, 0.3) is 12.2 Å². The Bertz CT molecular complexity index is 1010. The van der Waals surface area contributed by atoms with E-state index in [4.69, 9.17) is 10.5 Å². The summed E-state index contributed by atoms with van der Waals surface area (Å²) in [6, 6.07) is 9.80. The zero-order valence-electron chi connectivity index (χ0n) is 16.0. The van der Waals surface area contributed by atoms with Crippen molar-refractivity contribution in [1.29, 1.82) is 0 Å². The number of benzene rings is 1. The molecule has 0 bridgehead atoms. The molecule has 3 rings (SSSR count). The summed E-state index contributed by atoms with van der Waals surface area (Å²) >= 11 is 0. The molecule has 4 N–H and O–H groups in total. The van der Waals surface area contributed by atoms with E-state index in [1.807, 2.05) is 44.2 Å². The van der Waals surface area contributed by atoms with Crippen molar-refractivity contribution in [2.75, 3.05) is 17.7 Å². The van der Waals surface area contributed by atoms with E-state index in [-0.39, 0.29) is 23.8 Å². The van der Waals surface area contributed by atoms with Gasteiger partial charge in [-0.2, -0.15) is 5.10 Å². The maximum atomic E-state index is 12.3. The number of hydrogen-bond acceptors (Lipinski definition) is 7. The number of esters is 1. The molecule has 2 heterocycles. The van der Waals surface area contributed by atoms with Crippen LogP contribution in [0.2, 0.25) is 0 Å². The number of carbonyl (C=O) groups excluding carboxylic acids is 1. The summed E-state index contributed by atoms with van der Waals surface area (Å²) in [6.45, 7) is 5.84. The Kier molecular flexibility index (Phi) is 5.69. The number of rotatable bonds is 6. The van der Waals surface area contributed by atoms with E-state index in [9.17, 15) is 4.79 Å². The van der Waals surface area contributed by atoms with Crippen LogP contribution >= 0.6 is 0 Å². The molecule has 0 amide bonds. The first-order valence-electron chi connectivity index (χ1n) is 8.84. The lowest BCUT2D eigenvalue weighted by Crippen LogP contribution is -2.14. The van der Waals surface area contributed by atoms with Crippen LogP contribution in [0, 0.1) is 13.8 Å². The lowest BCUT2D eigenvalue weighted by molar-refractivity contribution is 0.0520. The molecule has 8 heteroatoms. The third kappa shape index (κ3) is 4.53. The molecule has 0 aliphatic rings. The molecule has 0 unspecified atom stereocenters. The summed E-state index contributed by atoms with van der Waals surface area (Å²) < 4.78 is 5.07. The molecule has 0 aliphatic carbocycles. The van der Waals surface area contributed by atoms with Crippen molar-refractivity contribution in [1.82, 2.24) is 20.2 Å². The zero-order chi connectivity index (χ0) is 20.1. The van der Waals surface area contributed by atoms with Gasteiger partial charge in [-0.15, -0.1) is 0 Å². The SMILES string of the molecule is CCOC(=O)c1nc(C=Cc2ccc(C)cc2)nc(Nc2cc(C)[nH]n2)c1N. The maximum Gasteiger partial charge on any atom is 0.359 e. The molecule has 3 aromatic rings. The third-order valence-corrected chi connectivity index (χ3v) is 3.89. The largest absolute Gasteiger partial charge is 0.461 e. The number of aromatic amines is 1. The van der Waals surface area contributed by atoms with Gasteiger partial charge in [0.15, 0.2) is 23.2 Å². The maximum absolute atomic E-state index is 12.3. The van der Waals surface area contributed by atoms with Crippen molar-refractivity contribution in [3.8, 4) is 0 Å². The standard InChI is InChI=1S/C20H22N6O2/c1-4-28-20(27)18-17(21)19(24-16-11-13(3)25-26-16)23-15(22-18)10-9-14-7-5-12(2)6-8-14/h5-11H,4,21H2,1-3H3,(H2,22,23,24,25,26). The number of H-pyrrole nitrogens is 1. The predicted molar refractivity (Wildman–Crippen MR) is 109 cm³/mol. The summed E-state index contributed by atoms with van der Waals surface area (Å²) in [5.74, 6) is 0.542. The molecule has 0 saturated heterocycles. The highest BCUT2D eigenvalue weighted by molar-refractivity contribution is 5.96. The van der Waals surface area contributed by atoms with Gasteiger partial charge in [-0.1, -0.05) is 35.9 Å². The van der Waals surface area contributed by atoms with Crippen LogP contribution in [0.1, 0.15) is 40.1 Å². The van der Waals surface area contributed by atoms with Gasteiger partial charge in [0.05, 0.1) is 6.61 Å². The average molecular weight is 378 g/mol. The normalized spacial score (nSPS) is 11.0. The van der Waals surface area contributed by atoms with Gasteiger partial charge in [-0.25, -0.2) is 14.8 Å². The molecule has 0 spiro atoms. The van der Waals surface area contributed by atoms with E-state index >= 15 is 0 Å². The molecule has 28 heavy (non-hydrogen) atoms. The highest BCUT2D eigenvalue weighted by atomic mass is 16.5. The van der Waals surface area contributed by atoms with E-state index in [1.165, 1.54) is 5.56 Å². The summed E-state index contributed by atoms with van der Waals surface area (Å²) in [4.78, 5) is 21.0. The van der Waals surface area contributed by atoms with Gasteiger partial charge in [0.1, 0.15) is 5.69 Å². The first-order chi connectivity index (χ1) is 13.5. The number of nitrogens with one attached hydrogen (secondary N) is 2. The summed E-state index contributed by atoms with van der Waals surface area (Å²) in [5, 5.41) is 9.95. The number of aromatic nitrogens is 4. The molecule has 1 aromatic carbocycles. The lowest BCUT2D eigenvalue weighted by atomic mass is 10.1. The zero-order valence-corrected chi connectivity index (χ0v) is 16.0. The van der Waals surface area contributed by atoms with Crippen molar-refractivity contribution in [3.05, 3.63) is 58.7 Å². The van der Waals surface area contributed by atoms with Crippen molar-refractivity contribution >= 4 is 35.4 Å². The van der Waals surface area contributed by atoms with Gasteiger partial charge in [0.2, 0.25) is 0 Å². The van der Waals surface area contributed by atoms with Crippen molar-refractivity contribution in [2.45, 2.75) is 20.8 Å². The third-order valence-electron chi connectivity index (χ3n) is 3.89. The van der Waals surface area contributed by atoms with Crippen LogP contribution in [-0.2, 0) is 4.74 Å². The topological polar surface area (TPSA) is 119 Å². The fourth-order valence-corrected chi connectivity index (χ4v) is 2.46. The highest BCUT2D eigenvalue weighted by Crippen LogP contribution is 2.24. The van der Waals surface area contributed by atoms with Crippen molar-refractivity contribution in [2.24, 2.45) is 0 Å². The molecule has 144 valence electrons.